The summed E-state index contributed by atoms with van der Waals surface area (Å²) in [5, 5.41) is 0.715. The first-order chi connectivity index (χ1) is 10.7. The highest BCUT2D eigenvalue weighted by Gasteiger charge is 2.25. The number of benzene rings is 1. The molecule has 118 valence electrons. The summed E-state index contributed by atoms with van der Waals surface area (Å²) in [5.74, 6) is 1.04. The van der Waals surface area contributed by atoms with Gasteiger partial charge in [0.05, 0.1) is 0 Å². The Labute approximate surface area is 137 Å². The average molecular weight is 319 g/mol. The second-order valence-corrected chi connectivity index (χ2v) is 6.74. The fourth-order valence-electron chi connectivity index (χ4n) is 2.89. The van der Waals surface area contributed by atoms with Crippen molar-refractivity contribution in [2.24, 2.45) is 5.92 Å². The van der Waals surface area contributed by atoms with Gasteiger partial charge in [0.1, 0.15) is 0 Å². The first kappa shape index (κ1) is 15.6. The Bertz CT molecular complexity index is 537. The summed E-state index contributed by atoms with van der Waals surface area (Å²) in [7, 11) is 0. The molecule has 22 heavy (non-hydrogen) atoms. The van der Waals surface area contributed by atoms with E-state index in [9.17, 15) is 4.79 Å². The van der Waals surface area contributed by atoms with Crippen LogP contribution in [0.15, 0.2) is 30.3 Å². The molecule has 1 saturated carbocycles. The van der Waals surface area contributed by atoms with Crippen LogP contribution in [0, 0.1) is 5.92 Å². The van der Waals surface area contributed by atoms with Gasteiger partial charge in [0.2, 0.25) is 5.91 Å². The van der Waals surface area contributed by atoms with E-state index in [1.807, 2.05) is 35.2 Å². The molecule has 1 aromatic carbocycles. The van der Waals surface area contributed by atoms with E-state index in [4.69, 9.17) is 11.6 Å². The molecule has 4 heteroatoms. The number of carbonyl (C=O) groups excluding carboxylic acids is 1. The van der Waals surface area contributed by atoms with Crippen molar-refractivity contribution in [2.75, 3.05) is 32.7 Å². The zero-order chi connectivity index (χ0) is 15.4. The Balaban J connectivity index is 1.51. The van der Waals surface area contributed by atoms with Crippen LogP contribution >= 0.6 is 11.6 Å². The number of halogens is 1. The van der Waals surface area contributed by atoms with Crippen LogP contribution in [0.25, 0.3) is 6.08 Å². The molecule has 0 bridgehead atoms. The molecule has 2 fully saturated rings. The molecule has 0 N–H and O–H groups in total. The standard InChI is InChI=1S/C18H23ClN2O/c19-17-7-4-15(5-8-17)6-9-18(22)21-11-1-10-20(12-13-21)14-16-2-3-16/h4-9,16H,1-3,10-14H2/b9-6+. The lowest BCUT2D eigenvalue weighted by Gasteiger charge is -2.20. The maximum atomic E-state index is 12.3. The molecule has 1 heterocycles. The lowest BCUT2D eigenvalue weighted by atomic mass is 10.2. The van der Waals surface area contributed by atoms with Gasteiger partial charge in [-0.3, -0.25) is 4.79 Å². The molecule has 0 unspecified atom stereocenters. The molecule has 1 aliphatic carbocycles. The van der Waals surface area contributed by atoms with Gasteiger partial charge in [-0.2, -0.15) is 0 Å². The Morgan fingerprint density at radius 2 is 1.91 bits per heavy atom. The Kier molecular flexibility index (Phi) is 5.16. The van der Waals surface area contributed by atoms with Gasteiger partial charge in [-0.25, -0.2) is 0 Å². The summed E-state index contributed by atoms with van der Waals surface area (Å²) in [6.45, 7) is 5.07. The Morgan fingerprint density at radius 1 is 1.14 bits per heavy atom. The van der Waals surface area contributed by atoms with Gasteiger partial charge in [-0.1, -0.05) is 23.7 Å². The van der Waals surface area contributed by atoms with E-state index in [0.717, 1.165) is 44.1 Å². The Hall–Kier alpha value is -1.32. The molecule has 0 spiro atoms. The summed E-state index contributed by atoms with van der Waals surface area (Å²) in [6.07, 6.45) is 7.41. The van der Waals surface area contributed by atoms with Crippen LogP contribution in [0.5, 0.6) is 0 Å². The number of hydrogen-bond donors (Lipinski definition) is 0. The summed E-state index contributed by atoms with van der Waals surface area (Å²) in [4.78, 5) is 16.8. The Morgan fingerprint density at radius 3 is 2.64 bits per heavy atom. The largest absolute Gasteiger partial charge is 0.338 e. The van der Waals surface area contributed by atoms with Crippen molar-refractivity contribution < 1.29 is 4.79 Å². The maximum Gasteiger partial charge on any atom is 0.246 e. The molecule has 3 nitrogen and oxygen atoms in total. The normalized spacial score (nSPS) is 20.3. The van der Waals surface area contributed by atoms with Crippen LogP contribution in [0.2, 0.25) is 5.02 Å². The van der Waals surface area contributed by atoms with Gasteiger partial charge in [0, 0.05) is 37.3 Å². The zero-order valence-electron chi connectivity index (χ0n) is 12.9. The molecule has 2 aliphatic rings. The predicted molar refractivity (Wildman–Crippen MR) is 90.8 cm³/mol. The summed E-state index contributed by atoms with van der Waals surface area (Å²) in [6, 6.07) is 7.53. The van der Waals surface area contributed by atoms with Crippen LogP contribution in [-0.2, 0) is 4.79 Å². The fraction of sp³-hybridized carbons (Fsp3) is 0.500. The highest BCUT2D eigenvalue weighted by molar-refractivity contribution is 6.30. The molecule has 3 rings (SSSR count). The molecule has 0 atom stereocenters. The van der Waals surface area contributed by atoms with Crippen LogP contribution in [-0.4, -0.2) is 48.4 Å². The van der Waals surface area contributed by atoms with E-state index >= 15 is 0 Å². The molecule has 1 amide bonds. The van der Waals surface area contributed by atoms with Crippen LogP contribution in [0.4, 0.5) is 0 Å². The minimum Gasteiger partial charge on any atom is -0.338 e. The smallest absolute Gasteiger partial charge is 0.246 e. The minimum absolute atomic E-state index is 0.114. The lowest BCUT2D eigenvalue weighted by Crippen LogP contribution is -2.34. The molecular weight excluding hydrogens is 296 g/mol. The van der Waals surface area contributed by atoms with Crippen molar-refractivity contribution in [3.8, 4) is 0 Å². The monoisotopic (exact) mass is 318 g/mol. The van der Waals surface area contributed by atoms with E-state index in [0.29, 0.717) is 5.02 Å². The summed E-state index contributed by atoms with van der Waals surface area (Å²) >= 11 is 5.86. The third-order valence-electron chi connectivity index (χ3n) is 4.40. The van der Waals surface area contributed by atoms with Crippen molar-refractivity contribution in [1.29, 1.82) is 0 Å². The highest BCUT2D eigenvalue weighted by Crippen LogP contribution is 2.29. The van der Waals surface area contributed by atoms with Gasteiger partial charge >= 0.3 is 0 Å². The van der Waals surface area contributed by atoms with E-state index in [2.05, 4.69) is 4.90 Å². The third kappa shape index (κ3) is 4.59. The molecule has 1 aromatic rings. The quantitative estimate of drug-likeness (QED) is 0.795. The van der Waals surface area contributed by atoms with Crippen molar-refractivity contribution in [1.82, 2.24) is 9.80 Å². The van der Waals surface area contributed by atoms with E-state index in [-0.39, 0.29) is 5.91 Å². The van der Waals surface area contributed by atoms with Crippen molar-refractivity contribution >= 4 is 23.6 Å². The van der Waals surface area contributed by atoms with Gasteiger partial charge in [-0.15, -0.1) is 0 Å². The van der Waals surface area contributed by atoms with E-state index in [1.54, 1.807) is 6.08 Å². The van der Waals surface area contributed by atoms with E-state index < -0.39 is 0 Å². The SMILES string of the molecule is O=C(/C=C/c1ccc(Cl)cc1)N1CCCN(CC2CC2)CC1. The number of nitrogens with zero attached hydrogens (tertiary/aromatic N) is 2. The van der Waals surface area contributed by atoms with Crippen LogP contribution in [0.3, 0.4) is 0 Å². The van der Waals surface area contributed by atoms with Crippen LogP contribution in [0.1, 0.15) is 24.8 Å². The number of hydrogen-bond acceptors (Lipinski definition) is 2. The second kappa shape index (κ2) is 7.30. The minimum atomic E-state index is 0.114. The first-order valence-electron chi connectivity index (χ1n) is 8.15. The topological polar surface area (TPSA) is 23.6 Å². The van der Waals surface area contributed by atoms with Crippen molar-refractivity contribution in [3.63, 3.8) is 0 Å². The number of amides is 1. The highest BCUT2D eigenvalue weighted by atomic mass is 35.5. The van der Waals surface area contributed by atoms with Crippen LogP contribution < -0.4 is 0 Å². The lowest BCUT2D eigenvalue weighted by molar-refractivity contribution is -0.125. The van der Waals surface area contributed by atoms with E-state index in [1.165, 1.54) is 19.4 Å². The fourth-order valence-corrected chi connectivity index (χ4v) is 3.01. The molecule has 1 saturated heterocycles. The first-order valence-corrected chi connectivity index (χ1v) is 8.53. The molecular formula is C18H23ClN2O. The number of rotatable bonds is 4. The third-order valence-corrected chi connectivity index (χ3v) is 4.65. The van der Waals surface area contributed by atoms with Gasteiger partial charge < -0.3 is 9.80 Å². The number of carbonyl (C=O) groups is 1. The van der Waals surface area contributed by atoms with Crippen molar-refractivity contribution in [3.05, 3.63) is 40.9 Å². The average Bonchev–Trinajstić information content (AvgIpc) is 3.34. The van der Waals surface area contributed by atoms with Gasteiger partial charge in [0.25, 0.3) is 0 Å². The predicted octanol–water partition coefficient (Wildman–Crippen LogP) is 3.30. The maximum absolute atomic E-state index is 12.3. The second-order valence-electron chi connectivity index (χ2n) is 6.31. The van der Waals surface area contributed by atoms with Gasteiger partial charge in [0.15, 0.2) is 0 Å². The molecule has 0 radical (unpaired) electrons. The summed E-state index contributed by atoms with van der Waals surface area (Å²) in [5.41, 5.74) is 1.00. The molecule has 0 aromatic heterocycles. The molecule has 1 aliphatic heterocycles. The zero-order valence-corrected chi connectivity index (χ0v) is 13.6. The summed E-state index contributed by atoms with van der Waals surface area (Å²) < 4.78 is 0. The van der Waals surface area contributed by atoms with Gasteiger partial charge in [-0.05, 0) is 55.5 Å². The van der Waals surface area contributed by atoms with Crippen molar-refractivity contribution in [2.45, 2.75) is 19.3 Å².